The van der Waals surface area contributed by atoms with Crippen LogP contribution in [0.4, 0.5) is 0 Å². The lowest BCUT2D eigenvalue weighted by Gasteiger charge is -1.84. The molecular formula is C9H9NO. The van der Waals surface area contributed by atoms with Gasteiger partial charge in [-0.15, -0.1) is 0 Å². The van der Waals surface area contributed by atoms with Crippen molar-refractivity contribution >= 4 is 11.0 Å². The number of furan rings is 1. The second kappa shape index (κ2) is 2.09. The van der Waals surface area contributed by atoms with Gasteiger partial charge in [0.05, 0.1) is 0 Å². The summed E-state index contributed by atoms with van der Waals surface area (Å²) in [6.45, 7) is 4.01. The second-order valence-corrected chi connectivity index (χ2v) is 2.66. The van der Waals surface area contributed by atoms with Crippen LogP contribution >= 0.6 is 0 Å². The fourth-order valence-electron chi connectivity index (χ4n) is 1.18. The Hall–Kier alpha value is -1.31. The number of hydrogen-bond donors (Lipinski definition) is 0. The third-order valence-electron chi connectivity index (χ3n) is 1.98. The predicted molar refractivity (Wildman–Crippen MR) is 43.5 cm³/mol. The maximum atomic E-state index is 5.46. The van der Waals surface area contributed by atoms with Crippen LogP contribution in [-0.2, 0) is 0 Å². The van der Waals surface area contributed by atoms with Crippen LogP contribution in [0.1, 0.15) is 11.3 Å². The first-order valence-corrected chi connectivity index (χ1v) is 3.59. The zero-order valence-electron chi connectivity index (χ0n) is 6.59. The van der Waals surface area contributed by atoms with Gasteiger partial charge in [0.15, 0.2) is 0 Å². The Morgan fingerprint density at radius 2 is 2.18 bits per heavy atom. The van der Waals surface area contributed by atoms with E-state index in [9.17, 15) is 0 Å². The van der Waals surface area contributed by atoms with Gasteiger partial charge in [-0.1, -0.05) is 0 Å². The van der Waals surface area contributed by atoms with Crippen molar-refractivity contribution < 1.29 is 4.42 Å². The van der Waals surface area contributed by atoms with Crippen molar-refractivity contribution in [3.8, 4) is 0 Å². The van der Waals surface area contributed by atoms with E-state index in [-0.39, 0.29) is 0 Å². The largest absolute Gasteiger partial charge is 0.461 e. The van der Waals surface area contributed by atoms with Gasteiger partial charge in [0, 0.05) is 17.8 Å². The lowest BCUT2D eigenvalue weighted by molar-refractivity contribution is 0.575. The average Bonchev–Trinajstić information content (AvgIpc) is 2.30. The Morgan fingerprint density at radius 1 is 1.36 bits per heavy atom. The summed E-state index contributed by atoms with van der Waals surface area (Å²) in [6.07, 6.45) is 3.58. The van der Waals surface area contributed by atoms with Gasteiger partial charge < -0.3 is 4.42 Å². The monoisotopic (exact) mass is 147 g/mol. The Balaban J connectivity index is 2.92. The molecule has 0 saturated heterocycles. The van der Waals surface area contributed by atoms with Crippen LogP contribution in [0.3, 0.4) is 0 Å². The highest BCUT2D eigenvalue weighted by molar-refractivity contribution is 5.80. The molecular weight excluding hydrogens is 138 g/mol. The molecule has 0 aliphatic heterocycles. The van der Waals surface area contributed by atoms with Crippen LogP contribution in [0.5, 0.6) is 0 Å². The molecule has 11 heavy (non-hydrogen) atoms. The Bertz CT molecular complexity index is 389. The van der Waals surface area contributed by atoms with Crippen LogP contribution in [0.2, 0.25) is 0 Å². The van der Waals surface area contributed by atoms with E-state index >= 15 is 0 Å². The number of aromatic nitrogens is 1. The van der Waals surface area contributed by atoms with E-state index in [1.165, 1.54) is 5.56 Å². The summed E-state index contributed by atoms with van der Waals surface area (Å²) < 4.78 is 5.46. The molecule has 0 atom stereocenters. The first kappa shape index (κ1) is 6.40. The fraction of sp³-hybridized carbons (Fsp3) is 0.222. The topological polar surface area (TPSA) is 26.0 Å². The highest BCUT2D eigenvalue weighted by Gasteiger charge is 2.04. The van der Waals surface area contributed by atoms with Crippen molar-refractivity contribution in [1.29, 1.82) is 0 Å². The van der Waals surface area contributed by atoms with Crippen molar-refractivity contribution in [2.24, 2.45) is 0 Å². The SMILES string of the molecule is Cc1oc2ccncc2c1C. The molecule has 0 amide bonds. The molecule has 0 aromatic carbocycles. The third kappa shape index (κ3) is 0.827. The van der Waals surface area contributed by atoms with Crippen molar-refractivity contribution in [3.63, 3.8) is 0 Å². The number of hydrogen-bond acceptors (Lipinski definition) is 2. The summed E-state index contributed by atoms with van der Waals surface area (Å²) in [5, 5.41) is 1.12. The van der Waals surface area contributed by atoms with E-state index in [0.717, 1.165) is 16.7 Å². The van der Waals surface area contributed by atoms with Crippen LogP contribution in [0.25, 0.3) is 11.0 Å². The highest BCUT2D eigenvalue weighted by atomic mass is 16.3. The van der Waals surface area contributed by atoms with Gasteiger partial charge in [-0.25, -0.2) is 0 Å². The predicted octanol–water partition coefficient (Wildman–Crippen LogP) is 2.44. The Labute approximate surface area is 64.9 Å². The standard InChI is InChI=1S/C9H9NO/c1-6-7(2)11-9-3-4-10-5-8(6)9/h3-5H,1-2H3. The minimum absolute atomic E-state index is 0.926. The quantitative estimate of drug-likeness (QED) is 0.572. The molecule has 0 aliphatic carbocycles. The van der Waals surface area contributed by atoms with E-state index in [1.54, 1.807) is 6.20 Å². The molecule has 0 fully saturated rings. The molecule has 0 unspecified atom stereocenters. The average molecular weight is 147 g/mol. The molecule has 2 nitrogen and oxygen atoms in total. The maximum Gasteiger partial charge on any atom is 0.137 e. The fourth-order valence-corrected chi connectivity index (χ4v) is 1.18. The van der Waals surface area contributed by atoms with E-state index in [4.69, 9.17) is 4.42 Å². The number of aryl methyl sites for hydroxylation is 2. The van der Waals surface area contributed by atoms with Gasteiger partial charge in [0.25, 0.3) is 0 Å². The number of nitrogens with zero attached hydrogens (tertiary/aromatic N) is 1. The highest BCUT2D eigenvalue weighted by Crippen LogP contribution is 2.22. The summed E-state index contributed by atoms with van der Waals surface area (Å²) in [5.74, 6) is 0.980. The zero-order chi connectivity index (χ0) is 7.84. The molecule has 0 spiro atoms. The number of pyridine rings is 1. The molecule has 2 aromatic heterocycles. The number of rotatable bonds is 0. The van der Waals surface area contributed by atoms with Crippen LogP contribution < -0.4 is 0 Å². The van der Waals surface area contributed by atoms with Gasteiger partial charge in [-0.3, -0.25) is 4.98 Å². The Morgan fingerprint density at radius 3 is 2.91 bits per heavy atom. The zero-order valence-corrected chi connectivity index (χ0v) is 6.59. The summed E-state index contributed by atoms with van der Waals surface area (Å²) in [6, 6.07) is 1.88. The minimum Gasteiger partial charge on any atom is -0.461 e. The van der Waals surface area contributed by atoms with Crippen LogP contribution in [-0.4, -0.2) is 4.98 Å². The van der Waals surface area contributed by atoms with Crippen LogP contribution in [0.15, 0.2) is 22.9 Å². The summed E-state index contributed by atoms with van der Waals surface area (Å²) in [5.41, 5.74) is 2.11. The van der Waals surface area contributed by atoms with Crippen LogP contribution in [0, 0.1) is 13.8 Å². The molecule has 2 rings (SSSR count). The van der Waals surface area contributed by atoms with Gasteiger partial charge in [-0.05, 0) is 25.5 Å². The normalized spacial score (nSPS) is 10.7. The van der Waals surface area contributed by atoms with Gasteiger partial charge >= 0.3 is 0 Å². The first-order chi connectivity index (χ1) is 5.29. The molecule has 0 radical (unpaired) electrons. The molecule has 56 valence electrons. The van der Waals surface area contributed by atoms with E-state index < -0.39 is 0 Å². The molecule has 0 aliphatic rings. The minimum atomic E-state index is 0.926. The molecule has 0 bridgehead atoms. The maximum absolute atomic E-state index is 5.46. The lowest BCUT2D eigenvalue weighted by atomic mass is 10.2. The van der Waals surface area contributed by atoms with Crippen molar-refractivity contribution in [2.75, 3.05) is 0 Å². The Kier molecular flexibility index (Phi) is 1.22. The van der Waals surface area contributed by atoms with Gasteiger partial charge in [-0.2, -0.15) is 0 Å². The first-order valence-electron chi connectivity index (χ1n) is 3.59. The second-order valence-electron chi connectivity index (χ2n) is 2.66. The molecule has 0 saturated carbocycles. The third-order valence-corrected chi connectivity index (χ3v) is 1.98. The molecule has 2 heterocycles. The van der Waals surface area contributed by atoms with Crippen molar-refractivity contribution in [1.82, 2.24) is 4.98 Å². The lowest BCUT2D eigenvalue weighted by Crippen LogP contribution is -1.71. The number of fused-ring (bicyclic) bond motifs is 1. The van der Waals surface area contributed by atoms with E-state index in [1.807, 2.05) is 26.1 Å². The summed E-state index contributed by atoms with van der Waals surface area (Å²) in [4.78, 5) is 4.03. The summed E-state index contributed by atoms with van der Waals surface area (Å²) in [7, 11) is 0. The molecule has 2 heteroatoms. The molecule has 2 aromatic rings. The van der Waals surface area contributed by atoms with Crippen molar-refractivity contribution in [3.05, 3.63) is 29.8 Å². The van der Waals surface area contributed by atoms with Gasteiger partial charge in [0.1, 0.15) is 11.3 Å². The summed E-state index contributed by atoms with van der Waals surface area (Å²) >= 11 is 0. The smallest absolute Gasteiger partial charge is 0.137 e. The van der Waals surface area contributed by atoms with E-state index in [0.29, 0.717) is 0 Å². The van der Waals surface area contributed by atoms with E-state index in [2.05, 4.69) is 4.98 Å². The van der Waals surface area contributed by atoms with Gasteiger partial charge in [0.2, 0.25) is 0 Å². The van der Waals surface area contributed by atoms with Crippen molar-refractivity contribution in [2.45, 2.75) is 13.8 Å². The molecule has 0 N–H and O–H groups in total.